The largest absolute Gasteiger partial charge is 0.485 e. The van der Waals surface area contributed by atoms with Crippen molar-refractivity contribution in [3.8, 4) is 5.75 Å². The van der Waals surface area contributed by atoms with E-state index in [1.54, 1.807) is 0 Å². The van der Waals surface area contributed by atoms with Gasteiger partial charge in [-0.05, 0) is 23.0 Å². The molecule has 0 amide bonds. The van der Waals surface area contributed by atoms with Crippen LogP contribution in [0.25, 0.3) is 0 Å². The van der Waals surface area contributed by atoms with Gasteiger partial charge in [0, 0.05) is 12.6 Å². The first-order valence-electron chi connectivity index (χ1n) is 7.16. The molecule has 3 heteroatoms. The van der Waals surface area contributed by atoms with E-state index in [-0.39, 0.29) is 6.10 Å². The molecule has 2 aliphatic rings. The molecule has 0 radical (unpaired) electrons. The zero-order valence-electron chi connectivity index (χ0n) is 12.3. The SMILES string of the molecule is CC1(C)C(NCC2CNc3ccccc3O2)C1(C)C. The zero-order valence-corrected chi connectivity index (χ0v) is 12.3. The number of rotatable bonds is 3. The van der Waals surface area contributed by atoms with Crippen molar-refractivity contribution in [1.29, 1.82) is 0 Å². The maximum atomic E-state index is 6.02. The normalized spacial score (nSPS) is 27.1. The summed E-state index contributed by atoms with van der Waals surface area (Å²) in [7, 11) is 0. The molecule has 3 nitrogen and oxygen atoms in total. The summed E-state index contributed by atoms with van der Waals surface area (Å²) >= 11 is 0. The highest BCUT2D eigenvalue weighted by Gasteiger charge is 2.64. The molecule has 1 fully saturated rings. The molecule has 1 heterocycles. The second-order valence-corrected chi connectivity index (χ2v) is 6.90. The lowest BCUT2D eigenvalue weighted by molar-refractivity contribution is 0.199. The number of fused-ring (bicyclic) bond motifs is 1. The highest BCUT2D eigenvalue weighted by Crippen LogP contribution is 2.62. The Morgan fingerprint density at radius 1 is 1.21 bits per heavy atom. The maximum absolute atomic E-state index is 6.02. The third-order valence-corrected chi connectivity index (χ3v) is 5.27. The van der Waals surface area contributed by atoms with Crippen LogP contribution in [0.2, 0.25) is 0 Å². The fraction of sp³-hybridized carbons (Fsp3) is 0.625. The van der Waals surface area contributed by atoms with Gasteiger partial charge in [0.05, 0.1) is 12.2 Å². The predicted octanol–water partition coefficient (Wildman–Crippen LogP) is 2.88. The first-order valence-corrected chi connectivity index (χ1v) is 7.16. The summed E-state index contributed by atoms with van der Waals surface area (Å²) in [5, 5.41) is 7.11. The fourth-order valence-electron chi connectivity index (χ4n) is 3.23. The first kappa shape index (κ1) is 12.8. The molecular weight excluding hydrogens is 236 g/mol. The van der Waals surface area contributed by atoms with Crippen LogP contribution >= 0.6 is 0 Å². The van der Waals surface area contributed by atoms with E-state index in [1.165, 1.54) is 0 Å². The highest BCUT2D eigenvalue weighted by molar-refractivity contribution is 5.57. The van der Waals surface area contributed by atoms with Crippen LogP contribution in [0, 0.1) is 10.8 Å². The number of hydrogen-bond acceptors (Lipinski definition) is 3. The van der Waals surface area contributed by atoms with Gasteiger partial charge in [-0.15, -0.1) is 0 Å². The average molecular weight is 260 g/mol. The lowest BCUT2D eigenvalue weighted by Crippen LogP contribution is -2.41. The van der Waals surface area contributed by atoms with Crippen molar-refractivity contribution in [2.45, 2.75) is 39.8 Å². The van der Waals surface area contributed by atoms with Crippen LogP contribution in [0.15, 0.2) is 24.3 Å². The molecule has 0 bridgehead atoms. The van der Waals surface area contributed by atoms with Gasteiger partial charge in [0.1, 0.15) is 11.9 Å². The van der Waals surface area contributed by atoms with Crippen LogP contribution in [-0.2, 0) is 0 Å². The summed E-state index contributed by atoms with van der Waals surface area (Å²) < 4.78 is 6.02. The number of para-hydroxylation sites is 2. The minimum absolute atomic E-state index is 0.210. The molecule has 1 aromatic carbocycles. The lowest BCUT2D eigenvalue weighted by atomic mass is 10.0. The Morgan fingerprint density at radius 2 is 1.89 bits per heavy atom. The minimum atomic E-state index is 0.210. The van der Waals surface area contributed by atoms with E-state index in [1.807, 2.05) is 18.2 Å². The molecule has 3 rings (SSSR count). The van der Waals surface area contributed by atoms with Gasteiger partial charge in [-0.3, -0.25) is 0 Å². The van der Waals surface area contributed by atoms with Crippen molar-refractivity contribution in [2.24, 2.45) is 10.8 Å². The molecule has 19 heavy (non-hydrogen) atoms. The summed E-state index contributed by atoms with van der Waals surface area (Å²) in [5.41, 5.74) is 1.87. The maximum Gasteiger partial charge on any atom is 0.142 e. The Bertz CT molecular complexity index is 467. The summed E-state index contributed by atoms with van der Waals surface area (Å²) in [6.07, 6.45) is 0.210. The third-order valence-electron chi connectivity index (χ3n) is 5.27. The van der Waals surface area contributed by atoms with Crippen LogP contribution in [-0.4, -0.2) is 25.2 Å². The Balaban J connectivity index is 1.57. The van der Waals surface area contributed by atoms with Crippen molar-refractivity contribution in [1.82, 2.24) is 5.32 Å². The van der Waals surface area contributed by atoms with Crippen LogP contribution < -0.4 is 15.4 Å². The highest BCUT2D eigenvalue weighted by atomic mass is 16.5. The predicted molar refractivity (Wildman–Crippen MR) is 78.7 cm³/mol. The van der Waals surface area contributed by atoms with Gasteiger partial charge in [-0.25, -0.2) is 0 Å². The van der Waals surface area contributed by atoms with E-state index in [4.69, 9.17) is 4.74 Å². The first-order chi connectivity index (χ1) is 8.93. The van der Waals surface area contributed by atoms with Crippen molar-refractivity contribution in [2.75, 3.05) is 18.4 Å². The molecule has 1 aliphatic heterocycles. The van der Waals surface area contributed by atoms with Crippen LogP contribution in [0.3, 0.4) is 0 Å². The molecule has 0 spiro atoms. The zero-order chi connectivity index (χ0) is 13.7. The van der Waals surface area contributed by atoms with Crippen molar-refractivity contribution >= 4 is 5.69 Å². The van der Waals surface area contributed by atoms with Gasteiger partial charge in [-0.2, -0.15) is 0 Å². The van der Waals surface area contributed by atoms with Crippen LogP contribution in [0.4, 0.5) is 5.69 Å². The quantitative estimate of drug-likeness (QED) is 0.876. The number of anilines is 1. The van der Waals surface area contributed by atoms with Gasteiger partial charge in [0.25, 0.3) is 0 Å². The summed E-state index contributed by atoms with van der Waals surface area (Å²) in [6, 6.07) is 8.72. The number of benzene rings is 1. The number of hydrogen-bond donors (Lipinski definition) is 2. The van der Waals surface area contributed by atoms with E-state index >= 15 is 0 Å². The molecular formula is C16H24N2O. The molecule has 1 atom stereocenters. The lowest BCUT2D eigenvalue weighted by Gasteiger charge is -2.27. The average Bonchev–Trinajstić information content (AvgIpc) is 2.77. The number of ether oxygens (including phenoxy) is 1. The van der Waals surface area contributed by atoms with Gasteiger partial charge in [0.15, 0.2) is 0 Å². The van der Waals surface area contributed by atoms with Crippen molar-refractivity contribution in [3.63, 3.8) is 0 Å². The van der Waals surface area contributed by atoms with Crippen molar-refractivity contribution < 1.29 is 4.74 Å². The molecule has 1 aromatic rings. The van der Waals surface area contributed by atoms with Crippen molar-refractivity contribution in [3.05, 3.63) is 24.3 Å². The van der Waals surface area contributed by atoms with E-state index in [0.29, 0.717) is 16.9 Å². The molecule has 1 saturated carbocycles. The minimum Gasteiger partial charge on any atom is -0.485 e. The summed E-state index contributed by atoms with van der Waals surface area (Å²) in [5.74, 6) is 0.967. The second-order valence-electron chi connectivity index (χ2n) is 6.90. The molecule has 1 unspecified atom stereocenters. The summed E-state index contributed by atoms with van der Waals surface area (Å²) in [4.78, 5) is 0. The molecule has 1 aliphatic carbocycles. The fourth-order valence-corrected chi connectivity index (χ4v) is 3.23. The number of nitrogens with one attached hydrogen (secondary N) is 2. The molecule has 0 saturated heterocycles. The van der Waals surface area contributed by atoms with E-state index in [9.17, 15) is 0 Å². The van der Waals surface area contributed by atoms with Gasteiger partial charge in [-0.1, -0.05) is 39.8 Å². The second kappa shape index (κ2) is 4.14. The Morgan fingerprint density at radius 3 is 2.58 bits per heavy atom. The van der Waals surface area contributed by atoms with Gasteiger partial charge >= 0.3 is 0 Å². The Hall–Kier alpha value is -1.22. The van der Waals surface area contributed by atoms with Gasteiger partial charge in [0.2, 0.25) is 0 Å². The molecule has 0 aromatic heterocycles. The monoisotopic (exact) mass is 260 g/mol. The van der Waals surface area contributed by atoms with E-state index in [0.717, 1.165) is 24.5 Å². The molecule has 104 valence electrons. The summed E-state index contributed by atoms with van der Waals surface area (Å²) in [6.45, 7) is 11.1. The Kier molecular flexibility index (Phi) is 2.79. The van der Waals surface area contributed by atoms with E-state index in [2.05, 4.69) is 44.4 Å². The molecule has 2 N–H and O–H groups in total. The van der Waals surface area contributed by atoms with Gasteiger partial charge < -0.3 is 15.4 Å². The van der Waals surface area contributed by atoms with Crippen LogP contribution in [0.5, 0.6) is 5.75 Å². The topological polar surface area (TPSA) is 33.3 Å². The third kappa shape index (κ3) is 2.00. The van der Waals surface area contributed by atoms with E-state index < -0.39 is 0 Å². The standard InChI is InChI=1S/C16H24N2O/c1-15(2)14(16(15,3)4)18-10-11-9-17-12-7-5-6-8-13(12)19-11/h5-8,11,14,17-18H,9-10H2,1-4H3. The Labute approximate surface area is 115 Å². The smallest absolute Gasteiger partial charge is 0.142 e. The van der Waals surface area contributed by atoms with Crippen LogP contribution in [0.1, 0.15) is 27.7 Å².